The Hall–Kier alpha value is -4.11. The molecule has 1 aromatic heterocycles. The lowest BCUT2D eigenvalue weighted by Crippen LogP contribution is -2.31. The summed E-state index contributed by atoms with van der Waals surface area (Å²) in [5.74, 6) is -0.165. The van der Waals surface area contributed by atoms with Crippen LogP contribution in [0.1, 0.15) is 17.0 Å². The molecule has 6 nitrogen and oxygen atoms in total. The monoisotopic (exact) mass is 394 g/mol. The molecule has 6 heteroatoms. The minimum absolute atomic E-state index is 0.0963. The molecule has 4 aromatic rings. The van der Waals surface area contributed by atoms with Crippen molar-refractivity contribution in [3.63, 3.8) is 0 Å². The summed E-state index contributed by atoms with van der Waals surface area (Å²) in [5, 5.41) is 27.6. The molecular formula is C24H18N4O2. The molecule has 2 N–H and O–H groups in total. The molecule has 1 aliphatic rings. The lowest BCUT2D eigenvalue weighted by atomic mass is 9.77. The average molecular weight is 394 g/mol. The molecule has 5 rings (SSSR count). The fourth-order valence-electron chi connectivity index (χ4n) is 4.22. The van der Waals surface area contributed by atoms with E-state index in [1.54, 1.807) is 7.11 Å². The van der Waals surface area contributed by atoms with Gasteiger partial charge in [0, 0.05) is 11.3 Å². The van der Waals surface area contributed by atoms with Gasteiger partial charge < -0.3 is 9.47 Å². The number of fused-ring (bicyclic) bond motifs is 2. The van der Waals surface area contributed by atoms with Crippen molar-refractivity contribution in [2.75, 3.05) is 7.11 Å². The SMILES string of the molecule is COc1ccc(C2c3c(n[nH]c3-c3ccccc3)OC(=N)C2C#N)c2ccccc12. The number of aromatic amines is 1. The van der Waals surface area contributed by atoms with Gasteiger partial charge in [0.05, 0.1) is 24.4 Å². The van der Waals surface area contributed by atoms with Crippen molar-refractivity contribution in [1.82, 2.24) is 10.2 Å². The Morgan fingerprint density at radius 3 is 2.50 bits per heavy atom. The fraction of sp³-hybridized carbons (Fsp3) is 0.125. The van der Waals surface area contributed by atoms with Crippen molar-refractivity contribution in [2.45, 2.75) is 5.92 Å². The van der Waals surface area contributed by atoms with Crippen molar-refractivity contribution < 1.29 is 9.47 Å². The Morgan fingerprint density at radius 2 is 1.77 bits per heavy atom. The molecule has 0 fully saturated rings. The van der Waals surface area contributed by atoms with E-state index in [4.69, 9.17) is 14.9 Å². The van der Waals surface area contributed by atoms with Crippen molar-refractivity contribution >= 4 is 16.7 Å². The van der Waals surface area contributed by atoms with Gasteiger partial charge in [0.25, 0.3) is 0 Å². The zero-order chi connectivity index (χ0) is 20.7. The van der Waals surface area contributed by atoms with E-state index in [1.165, 1.54) is 0 Å². The highest BCUT2D eigenvalue weighted by atomic mass is 16.5. The van der Waals surface area contributed by atoms with Crippen LogP contribution in [0.15, 0.2) is 66.7 Å². The van der Waals surface area contributed by atoms with E-state index in [9.17, 15) is 5.26 Å². The maximum Gasteiger partial charge on any atom is 0.244 e. The summed E-state index contributed by atoms with van der Waals surface area (Å²) in [4.78, 5) is 0. The van der Waals surface area contributed by atoms with Gasteiger partial charge in [0.15, 0.2) is 0 Å². The number of rotatable bonds is 3. The molecule has 2 unspecified atom stereocenters. The van der Waals surface area contributed by atoms with Crippen LogP contribution < -0.4 is 9.47 Å². The summed E-state index contributed by atoms with van der Waals surface area (Å²) in [6.07, 6.45) is 0. The first-order valence-electron chi connectivity index (χ1n) is 9.58. The lowest BCUT2D eigenvalue weighted by Gasteiger charge is -2.29. The molecule has 0 amide bonds. The van der Waals surface area contributed by atoms with Crippen molar-refractivity contribution in [2.24, 2.45) is 5.92 Å². The summed E-state index contributed by atoms with van der Waals surface area (Å²) in [7, 11) is 1.64. The van der Waals surface area contributed by atoms with Crippen molar-refractivity contribution in [3.8, 4) is 29.0 Å². The van der Waals surface area contributed by atoms with Crippen LogP contribution in [0.5, 0.6) is 11.6 Å². The summed E-state index contributed by atoms with van der Waals surface area (Å²) in [6, 6.07) is 23.9. The first kappa shape index (κ1) is 18.0. The number of nitrogens with one attached hydrogen (secondary N) is 2. The second-order valence-electron chi connectivity index (χ2n) is 7.14. The fourth-order valence-corrected chi connectivity index (χ4v) is 4.22. The van der Waals surface area contributed by atoms with E-state index in [1.807, 2.05) is 66.7 Å². The second-order valence-corrected chi connectivity index (χ2v) is 7.14. The Kier molecular flexibility index (Phi) is 4.22. The van der Waals surface area contributed by atoms with Gasteiger partial charge >= 0.3 is 0 Å². The molecular weight excluding hydrogens is 376 g/mol. The van der Waals surface area contributed by atoms with Crippen LogP contribution >= 0.6 is 0 Å². The van der Waals surface area contributed by atoms with Crippen LogP contribution in [-0.2, 0) is 0 Å². The first-order valence-corrected chi connectivity index (χ1v) is 9.58. The molecule has 0 radical (unpaired) electrons. The van der Waals surface area contributed by atoms with Gasteiger partial charge in [-0.2, -0.15) is 5.26 Å². The number of methoxy groups -OCH3 is 1. The number of hydrogen-bond acceptors (Lipinski definition) is 5. The quantitative estimate of drug-likeness (QED) is 0.518. The highest BCUT2D eigenvalue weighted by Gasteiger charge is 2.41. The van der Waals surface area contributed by atoms with Crippen LogP contribution in [-0.4, -0.2) is 23.2 Å². The van der Waals surface area contributed by atoms with Crippen LogP contribution in [0.2, 0.25) is 0 Å². The van der Waals surface area contributed by atoms with Crippen LogP contribution in [0.4, 0.5) is 0 Å². The lowest BCUT2D eigenvalue weighted by molar-refractivity contribution is 0.419. The molecule has 0 saturated heterocycles. The number of hydrogen-bond donors (Lipinski definition) is 2. The third-order valence-electron chi connectivity index (χ3n) is 5.58. The number of nitriles is 1. The highest BCUT2D eigenvalue weighted by Crippen LogP contribution is 2.48. The topological polar surface area (TPSA) is 94.8 Å². The number of nitrogens with zero attached hydrogens (tertiary/aromatic N) is 2. The van der Waals surface area contributed by atoms with Gasteiger partial charge in [-0.05, 0) is 22.6 Å². The number of benzene rings is 3. The van der Waals surface area contributed by atoms with E-state index < -0.39 is 11.8 Å². The van der Waals surface area contributed by atoms with Crippen molar-refractivity contribution in [3.05, 3.63) is 77.9 Å². The van der Waals surface area contributed by atoms with E-state index >= 15 is 0 Å². The van der Waals surface area contributed by atoms with Gasteiger partial charge in [-0.15, -0.1) is 5.10 Å². The highest BCUT2D eigenvalue weighted by molar-refractivity contribution is 5.94. The molecule has 1 aliphatic heterocycles. The normalized spacial score (nSPS) is 17.8. The van der Waals surface area contributed by atoms with E-state index in [2.05, 4.69) is 16.3 Å². The summed E-state index contributed by atoms with van der Waals surface area (Å²) < 4.78 is 11.2. The van der Waals surface area contributed by atoms with Crippen molar-refractivity contribution in [1.29, 1.82) is 10.7 Å². The van der Waals surface area contributed by atoms with E-state index in [-0.39, 0.29) is 5.90 Å². The van der Waals surface area contributed by atoms with Gasteiger partial charge in [-0.25, -0.2) is 0 Å². The molecule has 0 bridgehead atoms. The maximum absolute atomic E-state index is 9.96. The second kappa shape index (κ2) is 7.05. The average Bonchev–Trinajstić information content (AvgIpc) is 3.21. The Labute approximate surface area is 173 Å². The minimum Gasteiger partial charge on any atom is -0.496 e. The van der Waals surface area contributed by atoms with Gasteiger partial charge in [0.2, 0.25) is 11.8 Å². The summed E-state index contributed by atoms with van der Waals surface area (Å²) in [6.45, 7) is 0. The van der Waals surface area contributed by atoms with Gasteiger partial charge in [-0.3, -0.25) is 10.5 Å². The number of H-pyrrole nitrogens is 1. The van der Waals surface area contributed by atoms with Crippen LogP contribution in [0.3, 0.4) is 0 Å². The third-order valence-corrected chi connectivity index (χ3v) is 5.58. The first-order chi connectivity index (χ1) is 14.7. The zero-order valence-electron chi connectivity index (χ0n) is 16.2. The van der Waals surface area contributed by atoms with Gasteiger partial charge in [-0.1, -0.05) is 60.7 Å². The molecule has 3 aromatic carbocycles. The van der Waals surface area contributed by atoms with E-state index in [0.717, 1.165) is 38.9 Å². The third kappa shape index (κ3) is 2.64. The molecule has 146 valence electrons. The molecule has 0 aliphatic carbocycles. The standard InChI is InChI=1S/C24H18N4O2/c1-29-19-12-11-17(15-9-5-6-10-16(15)19)20-18(13-25)23(26)30-24-21(20)22(27-28-24)14-7-3-2-4-8-14/h2-12,18,20,26H,1H3,(H,27,28). The molecule has 2 atom stereocenters. The van der Waals surface area contributed by atoms with Gasteiger partial charge in [0.1, 0.15) is 11.7 Å². The summed E-state index contributed by atoms with van der Waals surface area (Å²) >= 11 is 0. The Morgan fingerprint density at radius 1 is 1.03 bits per heavy atom. The molecule has 0 saturated carbocycles. The smallest absolute Gasteiger partial charge is 0.244 e. The molecule has 2 heterocycles. The number of aromatic nitrogens is 2. The molecule has 30 heavy (non-hydrogen) atoms. The Bertz CT molecular complexity index is 1300. The maximum atomic E-state index is 9.96. The largest absolute Gasteiger partial charge is 0.496 e. The van der Waals surface area contributed by atoms with Crippen LogP contribution in [0, 0.1) is 22.7 Å². The predicted molar refractivity (Wildman–Crippen MR) is 114 cm³/mol. The summed E-state index contributed by atoms with van der Waals surface area (Å²) in [5.41, 5.74) is 3.47. The van der Waals surface area contributed by atoms with E-state index in [0.29, 0.717) is 5.88 Å². The predicted octanol–water partition coefficient (Wildman–Crippen LogP) is 4.88. The number of ether oxygens (including phenoxy) is 2. The zero-order valence-corrected chi connectivity index (χ0v) is 16.2. The minimum atomic E-state index is -0.769. The Balaban J connectivity index is 1.81. The van der Waals surface area contributed by atoms with Crippen LogP contribution in [0.25, 0.3) is 22.0 Å². The molecule has 0 spiro atoms.